The standard InChI is InChI=1S/C12H21N5O/c1-3-4-9-5-7-17(8-6-9)11-14-10(13)15-12(16-11)18-2/h9H,3-8H2,1-2H3,(H2,13,14,15,16). The van der Waals surface area contributed by atoms with Crippen molar-refractivity contribution in [2.75, 3.05) is 30.8 Å². The summed E-state index contributed by atoms with van der Waals surface area (Å²) in [6.07, 6.45) is 4.97. The first-order chi connectivity index (χ1) is 8.72. The van der Waals surface area contributed by atoms with Crippen molar-refractivity contribution < 1.29 is 4.74 Å². The summed E-state index contributed by atoms with van der Waals surface area (Å²) >= 11 is 0. The Morgan fingerprint density at radius 1 is 1.28 bits per heavy atom. The third-order valence-electron chi connectivity index (χ3n) is 3.40. The van der Waals surface area contributed by atoms with Crippen molar-refractivity contribution in [3.63, 3.8) is 0 Å². The first-order valence-electron chi connectivity index (χ1n) is 6.53. The molecule has 6 heteroatoms. The molecule has 6 nitrogen and oxygen atoms in total. The molecule has 0 unspecified atom stereocenters. The molecule has 0 aliphatic carbocycles. The summed E-state index contributed by atoms with van der Waals surface area (Å²) in [6.45, 7) is 4.21. The highest BCUT2D eigenvalue weighted by atomic mass is 16.5. The van der Waals surface area contributed by atoms with Crippen molar-refractivity contribution in [2.45, 2.75) is 32.6 Å². The molecule has 1 saturated heterocycles. The van der Waals surface area contributed by atoms with Crippen LogP contribution in [-0.2, 0) is 0 Å². The highest BCUT2D eigenvalue weighted by Gasteiger charge is 2.21. The van der Waals surface area contributed by atoms with E-state index in [9.17, 15) is 0 Å². The molecular weight excluding hydrogens is 230 g/mol. The van der Waals surface area contributed by atoms with Crippen LogP contribution in [0.5, 0.6) is 6.01 Å². The van der Waals surface area contributed by atoms with Crippen LogP contribution < -0.4 is 15.4 Å². The molecule has 1 aromatic heterocycles. The summed E-state index contributed by atoms with van der Waals surface area (Å²) in [5, 5.41) is 0. The van der Waals surface area contributed by atoms with E-state index in [1.165, 1.54) is 32.8 Å². The lowest BCUT2D eigenvalue weighted by Crippen LogP contribution is -2.35. The van der Waals surface area contributed by atoms with Crippen molar-refractivity contribution in [1.29, 1.82) is 0 Å². The summed E-state index contributed by atoms with van der Waals surface area (Å²) in [6, 6.07) is 0.285. The maximum absolute atomic E-state index is 5.65. The van der Waals surface area contributed by atoms with Crippen molar-refractivity contribution >= 4 is 11.9 Å². The Labute approximate surface area is 108 Å². The number of nitrogens with two attached hydrogens (primary N) is 1. The zero-order valence-electron chi connectivity index (χ0n) is 11.1. The van der Waals surface area contributed by atoms with Crippen LogP contribution in [0.2, 0.25) is 0 Å². The number of nitrogen functional groups attached to an aromatic ring is 1. The van der Waals surface area contributed by atoms with Gasteiger partial charge in [-0.25, -0.2) is 0 Å². The van der Waals surface area contributed by atoms with Gasteiger partial charge in [0.15, 0.2) is 0 Å². The van der Waals surface area contributed by atoms with Gasteiger partial charge in [0.05, 0.1) is 7.11 Å². The van der Waals surface area contributed by atoms with Crippen LogP contribution >= 0.6 is 0 Å². The summed E-state index contributed by atoms with van der Waals surface area (Å²) < 4.78 is 5.02. The highest BCUT2D eigenvalue weighted by molar-refractivity contribution is 5.36. The molecule has 1 aromatic rings. The number of hydrogen-bond acceptors (Lipinski definition) is 6. The monoisotopic (exact) mass is 251 g/mol. The number of aromatic nitrogens is 3. The van der Waals surface area contributed by atoms with Crippen molar-refractivity contribution in [1.82, 2.24) is 15.0 Å². The van der Waals surface area contributed by atoms with Gasteiger partial charge in [-0.2, -0.15) is 15.0 Å². The van der Waals surface area contributed by atoms with E-state index >= 15 is 0 Å². The number of nitrogens with zero attached hydrogens (tertiary/aromatic N) is 4. The topological polar surface area (TPSA) is 77.2 Å². The third kappa shape index (κ3) is 3.00. The molecule has 1 fully saturated rings. The molecule has 0 bridgehead atoms. The number of hydrogen-bond donors (Lipinski definition) is 1. The van der Waals surface area contributed by atoms with E-state index in [1.807, 2.05) is 0 Å². The third-order valence-corrected chi connectivity index (χ3v) is 3.40. The minimum Gasteiger partial charge on any atom is -0.467 e. The Morgan fingerprint density at radius 3 is 2.61 bits per heavy atom. The molecule has 2 rings (SSSR count). The summed E-state index contributed by atoms with van der Waals surface area (Å²) in [4.78, 5) is 14.5. The van der Waals surface area contributed by atoms with Gasteiger partial charge in [-0.15, -0.1) is 0 Å². The van der Waals surface area contributed by atoms with Crippen LogP contribution in [0.1, 0.15) is 32.6 Å². The quantitative estimate of drug-likeness (QED) is 0.873. The van der Waals surface area contributed by atoms with Crippen LogP contribution in [0.3, 0.4) is 0 Å². The first-order valence-corrected chi connectivity index (χ1v) is 6.53. The minimum absolute atomic E-state index is 0.215. The SMILES string of the molecule is CCCC1CCN(c2nc(N)nc(OC)n2)CC1. The summed E-state index contributed by atoms with van der Waals surface area (Å²) in [5.41, 5.74) is 5.65. The number of piperidine rings is 1. The molecule has 1 aliphatic heterocycles. The highest BCUT2D eigenvalue weighted by Crippen LogP contribution is 2.24. The second kappa shape index (κ2) is 5.84. The van der Waals surface area contributed by atoms with E-state index in [0.29, 0.717) is 5.95 Å². The van der Waals surface area contributed by atoms with Crippen LogP contribution in [0.25, 0.3) is 0 Å². The predicted molar refractivity (Wildman–Crippen MR) is 70.6 cm³/mol. The second-order valence-corrected chi connectivity index (χ2v) is 4.70. The largest absolute Gasteiger partial charge is 0.467 e. The van der Waals surface area contributed by atoms with Gasteiger partial charge < -0.3 is 15.4 Å². The average Bonchev–Trinajstić information content (AvgIpc) is 2.39. The average molecular weight is 251 g/mol. The van der Waals surface area contributed by atoms with Crippen LogP contribution in [0.15, 0.2) is 0 Å². The summed E-state index contributed by atoms with van der Waals surface area (Å²) in [7, 11) is 1.53. The van der Waals surface area contributed by atoms with Crippen LogP contribution in [-0.4, -0.2) is 35.2 Å². The molecule has 18 heavy (non-hydrogen) atoms. The predicted octanol–water partition coefficient (Wildman–Crippen LogP) is 1.48. The Hall–Kier alpha value is -1.59. The molecule has 0 aromatic carbocycles. The van der Waals surface area contributed by atoms with Gasteiger partial charge in [-0.05, 0) is 18.8 Å². The molecule has 100 valence electrons. The lowest BCUT2D eigenvalue weighted by Gasteiger charge is -2.31. The molecule has 0 spiro atoms. The van der Waals surface area contributed by atoms with E-state index in [4.69, 9.17) is 10.5 Å². The Morgan fingerprint density at radius 2 is 2.00 bits per heavy atom. The molecular formula is C12H21N5O. The van der Waals surface area contributed by atoms with Crippen molar-refractivity contribution in [3.8, 4) is 6.01 Å². The summed E-state index contributed by atoms with van der Waals surface area (Å²) in [5.74, 6) is 1.69. The van der Waals surface area contributed by atoms with Crippen LogP contribution in [0.4, 0.5) is 11.9 Å². The van der Waals surface area contributed by atoms with Crippen molar-refractivity contribution in [3.05, 3.63) is 0 Å². The van der Waals surface area contributed by atoms with Gasteiger partial charge in [0, 0.05) is 13.1 Å². The molecule has 0 atom stereocenters. The lowest BCUT2D eigenvalue weighted by atomic mass is 9.93. The van der Waals surface area contributed by atoms with Gasteiger partial charge in [-0.1, -0.05) is 19.8 Å². The van der Waals surface area contributed by atoms with E-state index in [0.717, 1.165) is 19.0 Å². The Kier molecular flexibility index (Phi) is 4.17. The number of anilines is 2. The maximum Gasteiger partial charge on any atom is 0.322 e. The molecule has 2 heterocycles. The maximum atomic E-state index is 5.65. The molecule has 2 N–H and O–H groups in total. The fourth-order valence-electron chi connectivity index (χ4n) is 2.42. The van der Waals surface area contributed by atoms with Gasteiger partial charge in [0.2, 0.25) is 11.9 Å². The number of rotatable bonds is 4. The lowest BCUT2D eigenvalue weighted by molar-refractivity contribution is 0.366. The Balaban J connectivity index is 2.02. The molecule has 1 aliphatic rings. The fraction of sp³-hybridized carbons (Fsp3) is 0.750. The van der Waals surface area contributed by atoms with Gasteiger partial charge >= 0.3 is 6.01 Å². The normalized spacial score (nSPS) is 16.9. The number of methoxy groups -OCH3 is 1. The smallest absolute Gasteiger partial charge is 0.322 e. The van der Waals surface area contributed by atoms with Gasteiger partial charge in [-0.3, -0.25) is 0 Å². The van der Waals surface area contributed by atoms with Gasteiger partial charge in [0.1, 0.15) is 0 Å². The minimum atomic E-state index is 0.215. The molecule has 0 saturated carbocycles. The zero-order chi connectivity index (χ0) is 13.0. The van der Waals surface area contributed by atoms with E-state index in [-0.39, 0.29) is 12.0 Å². The zero-order valence-corrected chi connectivity index (χ0v) is 11.1. The Bertz CT molecular complexity index is 390. The van der Waals surface area contributed by atoms with E-state index in [2.05, 4.69) is 26.8 Å². The second-order valence-electron chi connectivity index (χ2n) is 4.70. The molecule has 0 amide bonds. The van der Waals surface area contributed by atoms with Crippen molar-refractivity contribution in [2.24, 2.45) is 5.92 Å². The number of ether oxygens (including phenoxy) is 1. The fourth-order valence-corrected chi connectivity index (χ4v) is 2.42. The van der Waals surface area contributed by atoms with E-state index in [1.54, 1.807) is 0 Å². The van der Waals surface area contributed by atoms with E-state index < -0.39 is 0 Å². The van der Waals surface area contributed by atoms with Gasteiger partial charge in [0.25, 0.3) is 0 Å². The van der Waals surface area contributed by atoms with Crippen LogP contribution in [0, 0.1) is 5.92 Å². The molecule has 0 radical (unpaired) electrons. The first kappa shape index (κ1) is 12.9.